The monoisotopic (exact) mass is 233 g/mol. The summed E-state index contributed by atoms with van der Waals surface area (Å²) in [5.74, 6) is 0. The lowest BCUT2D eigenvalue weighted by Gasteiger charge is -1.97. The quantitative estimate of drug-likeness (QED) is 0.712. The predicted molar refractivity (Wildman–Crippen MR) is 48.7 cm³/mol. The van der Waals surface area contributed by atoms with Crippen LogP contribution in [0.15, 0.2) is 17.0 Å². The second-order valence-corrected chi connectivity index (χ2v) is 4.40. The molecule has 2 aromatic rings. The molecule has 0 aliphatic carbocycles. The number of aromatic amines is 1. The second kappa shape index (κ2) is 2.91. The summed E-state index contributed by atoms with van der Waals surface area (Å²) in [6.45, 7) is 0. The Morgan fingerprint density at radius 1 is 1.36 bits per heavy atom. The van der Waals surface area contributed by atoms with E-state index >= 15 is 0 Å². The minimum absolute atomic E-state index is 0.0666. The van der Waals surface area contributed by atoms with Crippen LogP contribution in [0.1, 0.15) is 0 Å². The summed E-state index contributed by atoms with van der Waals surface area (Å²) in [5, 5.41) is 9.66. The van der Waals surface area contributed by atoms with Crippen molar-refractivity contribution in [3.05, 3.63) is 17.2 Å². The summed E-state index contributed by atoms with van der Waals surface area (Å²) in [4.78, 5) is -0.353. The van der Waals surface area contributed by atoms with E-state index in [1.165, 1.54) is 6.07 Å². The van der Waals surface area contributed by atoms with Crippen LogP contribution < -0.4 is 0 Å². The van der Waals surface area contributed by atoms with Crippen molar-refractivity contribution in [1.82, 2.24) is 15.4 Å². The highest BCUT2D eigenvalue weighted by Gasteiger charge is 2.17. The molecule has 74 valence electrons. The van der Waals surface area contributed by atoms with Gasteiger partial charge >= 0.3 is 0 Å². The second-order valence-electron chi connectivity index (χ2n) is 2.57. The largest absolute Gasteiger partial charge is 0.296 e. The number of rotatable bonds is 1. The molecule has 0 fully saturated rings. The maximum absolute atomic E-state index is 10.9. The third-order valence-corrected chi connectivity index (χ3v) is 2.71. The first-order valence-corrected chi connectivity index (χ1v) is 5.28. The van der Waals surface area contributed by atoms with Crippen LogP contribution in [-0.4, -0.2) is 28.4 Å². The van der Waals surface area contributed by atoms with Gasteiger partial charge in [-0.05, 0) is 12.1 Å². The van der Waals surface area contributed by atoms with Crippen molar-refractivity contribution < 1.29 is 13.0 Å². The number of hydrogen-bond acceptors (Lipinski definition) is 4. The van der Waals surface area contributed by atoms with Gasteiger partial charge in [0.1, 0.15) is 15.9 Å². The Bertz CT molecular complexity index is 591. The smallest absolute Gasteiger partial charge is 0.282 e. The topological polar surface area (TPSA) is 95.9 Å². The number of nitrogens with one attached hydrogen (secondary N) is 1. The number of nitrogens with zero attached hydrogens (tertiary/aromatic N) is 2. The molecule has 0 atom stereocenters. The van der Waals surface area contributed by atoms with Crippen LogP contribution in [-0.2, 0) is 10.1 Å². The fourth-order valence-electron chi connectivity index (χ4n) is 1.08. The summed E-state index contributed by atoms with van der Waals surface area (Å²) < 4.78 is 30.7. The number of halogens is 1. The van der Waals surface area contributed by atoms with E-state index in [1.54, 1.807) is 0 Å². The van der Waals surface area contributed by atoms with Gasteiger partial charge in [-0.2, -0.15) is 23.8 Å². The van der Waals surface area contributed by atoms with Crippen molar-refractivity contribution in [3.8, 4) is 0 Å². The first-order valence-electron chi connectivity index (χ1n) is 3.46. The first-order chi connectivity index (χ1) is 6.48. The van der Waals surface area contributed by atoms with E-state index in [0.717, 1.165) is 6.07 Å². The van der Waals surface area contributed by atoms with Crippen molar-refractivity contribution >= 4 is 32.8 Å². The lowest BCUT2D eigenvalue weighted by molar-refractivity contribution is 0.484. The SMILES string of the molecule is O=S(=O)(O)c1cc(Cl)cc2n[nH]nc12. The molecule has 0 saturated carbocycles. The Labute approximate surface area is 83.6 Å². The number of fused-ring (bicyclic) bond motifs is 1. The average Bonchev–Trinajstić information content (AvgIpc) is 2.47. The van der Waals surface area contributed by atoms with E-state index in [2.05, 4.69) is 15.4 Å². The van der Waals surface area contributed by atoms with E-state index in [-0.39, 0.29) is 21.0 Å². The molecule has 0 aliphatic rings. The Kier molecular flexibility index (Phi) is 1.95. The van der Waals surface area contributed by atoms with Gasteiger partial charge in [0.05, 0.1) is 0 Å². The van der Waals surface area contributed by atoms with Crippen LogP contribution in [0.3, 0.4) is 0 Å². The van der Waals surface area contributed by atoms with E-state index < -0.39 is 10.1 Å². The molecule has 8 heteroatoms. The maximum atomic E-state index is 10.9. The lowest BCUT2D eigenvalue weighted by atomic mass is 10.3. The first kappa shape index (κ1) is 9.38. The zero-order valence-corrected chi connectivity index (χ0v) is 8.17. The predicted octanol–water partition coefficient (Wildman–Crippen LogP) is 0.858. The third kappa shape index (κ3) is 1.45. The summed E-state index contributed by atoms with van der Waals surface area (Å²) >= 11 is 5.63. The summed E-state index contributed by atoms with van der Waals surface area (Å²) in [7, 11) is -4.33. The molecular weight excluding hydrogens is 230 g/mol. The van der Waals surface area contributed by atoms with Gasteiger partial charge < -0.3 is 0 Å². The van der Waals surface area contributed by atoms with Crippen molar-refractivity contribution in [1.29, 1.82) is 0 Å². The van der Waals surface area contributed by atoms with Crippen LogP contribution in [0.2, 0.25) is 5.02 Å². The third-order valence-electron chi connectivity index (χ3n) is 1.63. The fraction of sp³-hybridized carbons (Fsp3) is 0. The Balaban J connectivity index is 2.94. The summed E-state index contributed by atoms with van der Waals surface area (Å²) in [6.07, 6.45) is 0. The van der Waals surface area contributed by atoms with E-state index in [0.29, 0.717) is 0 Å². The number of H-pyrrole nitrogens is 1. The molecule has 0 saturated heterocycles. The van der Waals surface area contributed by atoms with Gasteiger partial charge in [-0.1, -0.05) is 11.6 Å². The minimum Gasteiger partial charge on any atom is -0.282 e. The molecule has 0 spiro atoms. The van der Waals surface area contributed by atoms with Crippen LogP contribution in [0, 0.1) is 0 Å². The molecule has 2 rings (SSSR count). The Morgan fingerprint density at radius 3 is 2.71 bits per heavy atom. The van der Waals surface area contributed by atoms with Crippen molar-refractivity contribution in [2.24, 2.45) is 0 Å². The highest BCUT2D eigenvalue weighted by molar-refractivity contribution is 7.86. The highest BCUT2D eigenvalue weighted by Crippen LogP contribution is 2.23. The molecule has 1 aromatic heterocycles. The molecule has 0 amide bonds. The highest BCUT2D eigenvalue weighted by atomic mass is 35.5. The van der Waals surface area contributed by atoms with Gasteiger partial charge in [-0.3, -0.25) is 4.55 Å². The van der Waals surface area contributed by atoms with Gasteiger partial charge in [-0.25, -0.2) is 0 Å². The van der Waals surface area contributed by atoms with Gasteiger partial charge in [0, 0.05) is 5.02 Å². The van der Waals surface area contributed by atoms with Crippen molar-refractivity contribution in [3.63, 3.8) is 0 Å². The average molecular weight is 234 g/mol. The molecule has 0 bridgehead atoms. The molecule has 0 radical (unpaired) electrons. The van der Waals surface area contributed by atoms with Crippen molar-refractivity contribution in [2.75, 3.05) is 0 Å². The fourth-order valence-corrected chi connectivity index (χ4v) is 2.03. The van der Waals surface area contributed by atoms with E-state index in [1.807, 2.05) is 0 Å². The molecule has 1 aromatic carbocycles. The molecule has 14 heavy (non-hydrogen) atoms. The van der Waals surface area contributed by atoms with Crippen LogP contribution in [0.25, 0.3) is 11.0 Å². The molecule has 2 N–H and O–H groups in total. The van der Waals surface area contributed by atoms with Gasteiger partial charge in [0.2, 0.25) is 0 Å². The zero-order chi connectivity index (χ0) is 10.3. The molecule has 6 nitrogen and oxygen atoms in total. The standard InChI is InChI=1S/C6H4ClN3O3S/c7-3-1-4-6(9-10-8-4)5(2-3)14(11,12)13/h1-2H,(H,8,9,10)(H,11,12,13). The van der Waals surface area contributed by atoms with Crippen LogP contribution >= 0.6 is 11.6 Å². The maximum Gasteiger partial charge on any atom is 0.296 e. The minimum atomic E-state index is -4.33. The van der Waals surface area contributed by atoms with Gasteiger partial charge in [0.25, 0.3) is 10.1 Å². The molecule has 1 heterocycles. The molecule has 0 unspecified atom stereocenters. The lowest BCUT2D eigenvalue weighted by Crippen LogP contribution is -1.99. The van der Waals surface area contributed by atoms with Crippen molar-refractivity contribution in [2.45, 2.75) is 4.90 Å². The Morgan fingerprint density at radius 2 is 2.07 bits per heavy atom. The summed E-state index contributed by atoms with van der Waals surface area (Å²) in [6, 6.07) is 2.55. The molecular formula is C6H4ClN3O3S. The van der Waals surface area contributed by atoms with E-state index in [4.69, 9.17) is 16.2 Å². The normalized spacial score (nSPS) is 12.1. The summed E-state index contributed by atoms with van der Waals surface area (Å²) in [5.41, 5.74) is 0.349. The Hall–Kier alpha value is -1.18. The number of benzene rings is 1. The number of aromatic nitrogens is 3. The molecule has 0 aliphatic heterocycles. The zero-order valence-electron chi connectivity index (χ0n) is 6.60. The van der Waals surface area contributed by atoms with Crippen LogP contribution in [0.5, 0.6) is 0 Å². The number of hydrogen-bond donors (Lipinski definition) is 2. The van der Waals surface area contributed by atoms with Gasteiger partial charge in [0.15, 0.2) is 0 Å². The van der Waals surface area contributed by atoms with Crippen LogP contribution in [0.4, 0.5) is 0 Å². The van der Waals surface area contributed by atoms with E-state index in [9.17, 15) is 8.42 Å². The van der Waals surface area contributed by atoms with Gasteiger partial charge in [-0.15, -0.1) is 0 Å².